The van der Waals surface area contributed by atoms with Crippen LogP contribution in [-0.4, -0.2) is 72.5 Å². The molecule has 0 bridgehead atoms. The first-order valence-corrected chi connectivity index (χ1v) is 8.86. The molecule has 28 heavy (non-hydrogen) atoms. The Morgan fingerprint density at radius 3 is 1.93 bits per heavy atom. The monoisotopic (exact) mass is 404 g/mol. The molecule has 2 fully saturated rings. The topological polar surface area (TPSA) is 112 Å². The Morgan fingerprint density at radius 1 is 0.893 bits per heavy atom. The summed E-state index contributed by atoms with van der Waals surface area (Å²) < 4.78 is 10.9. The number of ether oxygens (including phenoxy) is 2. The zero-order chi connectivity index (χ0) is 18.5. The fraction of sp³-hybridized carbons (Fsp3) is 0.471. The van der Waals surface area contributed by atoms with Gasteiger partial charge in [-0.3, -0.25) is 0 Å². The molecule has 2 aliphatic heterocycles. The first kappa shape index (κ1) is 20.0. The Kier molecular flexibility index (Phi) is 6.76. The number of hydrogen-bond acceptors (Lipinski definition) is 10. The maximum Gasteiger partial charge on any atom is 0.233 e. The van der Waals surface area contributed by atoms with Gasteiger partial charge in [-0.15, -0.1) is 12.4 Å². The van der Waals surface area contributed by atoms with E-state index in [1.807, 2.05) is 6.07 Å². The maximum atomic E-state index is 8.88. The highest BCUT2D eigenvalue weighted by atomic mass is 35.5. The van der Waals surface area contributed by atoms with E-state index in [0.29, 0.717) is 55.7 Å². The van der Waals surface area contributed by atoms with Gasteiger partial charge in [-0.2, -0.15) is 20.2 Å². The third-order valence-electron chi connectivity index (χ3n) is 4.33. The van der Waals surface area contributed by atoms with Crippen molar-refractivity contribution in [2.45, 2.75) is 0 Å². The number of halogens is 1. The van der Waals surface area contributed by atoms with E-state index in [9.17, 15) is 0 Å². The number of nitrogens with zero attached hydrogens (tertiary/aromatic N) is 7. The van der Waals surface area contributed by atoms with Crippen molar-refractivity contribution < 1.29 is 9.47 Å². The number of nitrogens with one attached hydrogen (secondary N) is 1. The van der Waals surface area contributed by atoms with Crippen LogP contribution >= 0.6 is 12.4 Å². The summed E-state index contributed by atoms with van der Waals surface area (Å²) in [6.45, 7) is 5.58. The second-order valence-electron chi connectivity index (χ2n) is 6.13. The summed E-state index contributed by atoms with van der Waals surface area (Å²) in [6, 6.07) is 5.43. The predicted octanol–water partition coefficient (Wildman–Crippen LogP) is 0.977. The number of rotatable bonds is 4. The molecule has 0 saturated carbocycles. The average Bonchev–Trinajstić information content (AvgIpc) is 2.75. The summed E-state index contributed by atoms with van der Waals surface area (Å²) in [5.41, 5.74) is 1.07. The molecule has 0 amide bonds. The molecule has 4 heterocycles. The zero-order valence-corrected chi connectivity index (χ0v) is 16.1. The molecule has 11 heteroatoms. The van der Waals surface area contributed by atoms with E-state index in [1.165, 1.54) is 0 Å². The minimum absolute atomic E-state index is 0. The molecular weight excluding hydrogens is 384 g/mol. The van der Waals surface area contributed by atoms with Gasteiger partial charge in [0.1, 0.15) is 11.8 Å². The maximum absolute atomic E-state index is 8.88. The second kappa shape index (κ2) is 9.45. The van der Waals surface area contributed by atoms with E-state index in [0.717, 1.165) is 26.2 Å². The molecule has 2 saturated heterocycles. The Hall–Kier alpha value is -2.74. The van der Waals surface area contributed by atoms with Crippen molar-refractivity contribution in [3.05, 3.63) is 24.0 Å². The van der Waals surface area contributed by atoms with Gasteiger partial charge in [0.05, 0.1) is 38.3 Å². The smallest absolute Gasteiger partial charge is 0.233 e. The molecule has 2 aliphatic rings. The van der Waals surface area contributed by atoms with Crippen LogP contribution in [0.15, 0.2) is 18.3 Å². The highest BCUT2D eigenvalue weighted by Gasteiger charge is 2.20. The molecular formula is C17H21ClN8O2. The van der Waals surface area contributed by atoms with E-state index in [-0.39, 0.29) is 12.4 Å². The van der Waals surface area contributed by atoms with Crippen LogP contribution in [-0.2, 0) is 9.47 Å². The number of nitriles is 1. The summed E-state index contributed by atoms with van der Waals surface area (Å²) in [5, 5.41) is 12.0. The summed E-state index contributed by atoms with van der Waals surface area (Å²) >= 11 is 0. The van der Waals surface area contributed by atoms with Crippen molar-refractivity contribution in [3.8, 4) is 6.07 Å². The van der Waals surface area contributed by atoms with Gasteiger partial charge in [-0.1, -0.05) is 0 Å². The van der Waals surface area contributed by atoms with Crippen molar-refractivity contribution in [1.29, 1.82) is 5.26 Å². The average molecular weight is 405 g/mol. The molecule has 148 valence electrons. The Balaban J connectivity index is 0.00000225. The van der Waals surface area contributed by atoms with Gasteiger partial charge in [0.2, 0.25) is 17.8 Å². The molecule has 0 spiro atoms. The molecule has 0 atom stereocenters. The van der Waals surface area contributed by atoms with Crippen LogP contribution in [0.1, 0.15) is 5.69 Å². The highest BCUT2D eigenvalue weighted by molar-refractivity contribution is 5.85. The van der Waals surface area contributed by atoms with Gasteiger partial charge in [-0.25, -0.2) is 4.98 Å². The Morgan fingerprint density at radius 2 is 1.46 bits per heavy atom. The zero-order valence-electron chi connectivity index (χ0n) is 15.2. The fourth-order valence-corrected chi connectivity index (χ4v) is 2.88. The van der Waals surface area contributed by atoms with Crippen LogP contribution < -0.4 is 15.1 Å². The van der Waals surface area contributed by atoms with E-state index < -0.39 is 0 Å². The predicted molar refractivity (Wildman–Crippen MR) is 105 cm³/mol. The molecule has 10 nitrogen and oxygen atoms in total. The summed E-state index contributed by atoms with van der Waals surface area (Å²) in [5.74, 6) is 1.69. The van der Waals surface area contributed by atoms with Crippen LogP contribution in [0, 0.1) is 11.3 Å². The first-order chi connectivity index (χ1) is 13.3. The van der Waals surface area contributed by atoms with E-state index in [2.05, 4.69) is 35.1 Å². The Labute approximate surface area is 168 Å². The lowest BCUT2D eigenvalue weighted by Crippen LogP contribution is -2.40. The number of pyridine rings is 1. The molecule has 0 unspecified atom stereocenters. The van der Waals surface area contributed by atoms with Gasteiger partial charge in [0.25, 0.3) is 0 Å². The van der Waals surface area contributed by atoms with E-state index in [1.54, 1.807) is 18.3 Å². The molecule has 0 aromatic carbocycles. The lowest BCUT2D eigenvalue weighted by molar-refractivity contribution is 0.121. The minimum Gasteiger partial charge on any atom is -0.378 e. The molecule has 2 aromatic rings. The van der Waals surface area contributed by atoms with Gasteiger partial charge in [0, 0.05) is 26.2 Å². The highest BCUT2D eigenvalue weighted by Crippen LogP contribution is 2.21. The van der Waals surface area contributed by atoms with Crippen LogP contribution in [0.4, 0.5) is 23.5 Å². The number of hydrogen-bond donors (Lipinski definition) is 1. The first-order valence-electron chi connectivity index (χ1n) is 8.86. The number of aromatic nitrogens is 4. The number of anilines is 4. The summed E-state index contributed by atoms with van der Waals surface area (Å²) in [7, 11) is 0. The van der Waals surface area contributed by atoms with E-state index in [4.69, 9.17) is 14.7 Å². The Bertz CT molecular complexity index is 781. The summed E-state index contributed by atoms with van der Waals surface area (Å²) in [4.78, 5) is 22.1. The van der Waals surface area contributed by atoms with Crippen molar-refractivity contribution >= 4 is 35.9 Å². The molecule has 0 aliphatic carbocycles. The lowest BCUT2D eigenvalue weighted by atomic mass is 10.3. The number of morpholine rings is 2. The van der Waals surface area contributed by atoms with Gasteiger partial charge >= 0.3 is 0 Å². The summed E-state index contributed by atoms with van der Waals surface area (Å²) in [6.07, 6.45) is 1.59. The molecule has 1 N–H and O–H groups in total. The van der Waals surface area contributed by atoms with Crippen LogP contribution in [0.3, 0.4) is 0 Å². The normalized spacial score (nSPS) is 16.8. The van der Waals surface area contributed by atoms with Crippen LogP contribution in [0.5, 0.6) is 0 Å². The molecule has 0 radical (unpaired) electrons. The minimum atomic E-state index is 0. The SMILES string of the molecule is Cl.N#Cc1ccc(Nc2nc(N3CCOCC3)nc(N3CCOCC3)n2)cn1. The van der Waals surface area contributed by atoms with E-state index >= 15 is 0 Å². The van der Waals surface area contributed by atoms with Gasteiger partial charge in [-0.05, 0) is 12.1 Å². The van der Waals surface area contributed by atoms with Gasteiger partial charge < -0.3 is 24.6 Å². The standard InChI is InChI=1S/C17H20N8O2.ClH/c18-11-13-1-2-14(12-19-13)20-15-21-16(24-3-7-26-8-4-24)23-17(22-15)25-5-9-27-10-6-25;/h1-2,12H,3-10H2,(H,20,21,22,23);1H. The van der Waals surface area contributed by atoms with Crippen LogP contribution in [0.25, 0.3) is 0 Å². The fourth-order valence-electron chi connectivity index (χ4n) is 2.88. The molecule has 2 aromatic heterocycles. The largest absolute Gasteiger partial charge is 0.378 e. The van der Waals surface area contributed by atoms with Gasteiger partial charge in [0.15, 0.2) is 0 Å². The molecule has 4 rings (SSSR count). The van der Waals surface area contributed by atoms with Crippen molar-refractivity contribution in [2.75, 3.05) is 67.7 Å². The third kappa shape index (κ3) is 4.75. The van der Waals surface area contributed by atoms with Crippen molar-refractivity contribution in [2.24, 2.45) is 0 Å². The van der Waals surface area contributed by atoms with Crippen molar-refractivity contribution in [1.82, 2.24) is 19.9 Å². The quantitative estimate of drug-likeness (QED) is 0.790. The van der Waals surface area contributed by atoms with Crippen LogP contribution in [0.2, 0.25) is 0 Å². The third-order valence-corrected chi connectivity index (χ3v) is 4.33. The second-order valence-corrected chi connectivity index (χ2v) is 6.13. The lowest BCUT2D eigenvalue weighted by Gasteiger charge is -2.30. The van der Waals surface area contributed by atoms with Crippen molar-refractivity contribution in [3.63, 3.8) is 0 Å².